The molecule has 0 radical (unpaired) electrons. The second-order valence-corrected chi connectivity index (χ2v) is 4.32. The van der Waals surface area contributed by atoms with Gasteiger partial charge < -0.3 is 29.7 Å². The molecule has 0 saturated carbocycles. The summed E-state index contributed by atoms with van der Waals surface area (Å²) in [6.45, 7) is 4.85. The van der Waals surface area contributed by atoms with E-state index in [9.17, 15) is 44.1 Å². The molecular weight excluding hydrogens is 475 g/mol. The second-order valence-electron chi connectivity index (χ2n) is 4.32. The van der Waals surface area contributed by atoms with Crippen LogP contribution in [0.15, 0.2) is 0 Å². The molecule has 0 spiro atoms. The molecule has 0 rings (SSSR count). The first-order valence-electron chi connectivity index (χ1n) is 7.14. The molecule has 0 aliphatic carbocycles. The van der Waals surface area contributed by atoms with Crippen LogP contribution in [0.1, 0.15) is 59.3 Å². The number of rotatable bonds is 9. The van der Waals surface area contributed by atoms with Crippen molar-refractivity contribution >= 4 is 35.3 Å². The molecule has 0 aliphatic rings. The van der Waals surface area contributed by atoms with Crippen LogP contribution >= 0.6 is 0 Å². The Hall–Kier alpha value is -1.24. The van der Waals surface area contributed by atoms with Crippen molar-refractivity contribution in [1.29, 1.82) is 0 Å². The molecule has 0 bridgehead atoms. The Morgan fingerprint density at radius 3 is 0.720 bits per heavy atom. The summed E-state index contributed by atoms with van der Waals surface area (Å²) >= 11 is 0. The van der Waals surface area contributed by atoms with Crippen molar-refractivity contribution in [3.05, 3.63) is 0 Å². The minimum atomic E-state index is -1.29. The first-order chi connectivity index (χ1) is 11.0. The summed E-state index contributed by atoms with van der Waals surface area (Å²) in [4.78, 5) is 59.5. The molecule has 0 amide bonds. The Morgan fingerprint density at radius 2 is 0.680 bits per heavy atom. The fourth-order valence-corrected chi connectivity index (χ4v) is 0.858. The van der Waals surface area contributed by atoms with E-state index in [0.717, 1.165) is 0 Å². The zero-order valence-corrected chi connectivity index (χ0v) is 16.9. The molecule has 0 aromatic heterocycles. The first kappa shape index (κ1) is 31.5. The number of Topliss-reactive ketones (excluding diaryl/α,β-unsaturated/α-hetero) is 3. The van der Waals surface area contributed by atoms with Crippen LogP contribution < -0.4 is 15.3 Å². The maximum Gasteiger partial charge on any atom is 0.138 e. The van der Waals surface area contributed by atoms with E-state index in [1.165, 1.54) is 0 Å². The van der Waals surface area contributed by atoms with Gasteiger partial charge in [0.1, 0.15) is 17.3 Å². The molecule has 9 nitrogen and oxygen atoms in total. The molecule has 0 atom stereocenters. The summed E-state index contributed by atoms with van der Waals surface area (Å²) in [6, 6.07) is 0. The smallest absolute Gasteiger partial charge is 0.138 e. The maximum atomic E-state index is 10.2. The van der Waals surface area contributed by atoms with Gasteiger partial charge in [-0.05, 0) is 0 Å². The van der Waals surface area contributed by atoms with E-state index < -0.39 is 37.2 Å². The molecule has 0 aromatic rings. The number of carbonyl (C=O) groups excluding carboxylic acids is 6. The third kappa shape index (κ3) is 34.9. The Balaban J connectivity index is -0.000000130. The van der Waals surface area contributed by atoms with E-state index >= 15 is 0 Å². The summed E-state index contributed by atoms with van der Waals surface area (Å²) in [7, 11) is 0. The molecular formula is C15H21O9Sm-3. The average molecular weight is 496 g/mol. The van der Waals surface area contributed by atoms with E-state index in [4.69, 9.17) is 0 Å². The molecule has 0 aromatic carbocycles. The topological polar surface area (TPSA) is 172 Å². The van der Waals surface area contributed by atoms with Crippen molar-refractivity contribution in [2.75, 3.05) is 0 Å². The molecule has 25 heavy (non-hydrogen) atoms. The third-order valence-electron chi connectivity index (χ3n) is 2.21. The molecule has 0 aliphatic heterocycles. The third-order valence-corrected chi connectivity index (χ3v) is 2.21. The Morgan fingerprint density at radius 1 is 0.520 bits per heavy atom. The monoisotopic (exact) mass is 497 g/mol. The van der Waals surface area contributed by atoms with Gasteiger partial charge in [0.05, 0.1) is 0 Å². The van der Waals surface area contributed by atoms with E-state index in [1.807, 2.05) is 0 Å². The summed E-state index contributed by atoms with van der Waals surface area (Å²) in [6.07, 6.45) is -0.528. The minimum absolute atomic E-state index is 0. The standard InChI is InChI=1S/3C5H8O3.Sm/c3*1-2-4(6)3-5(7)8;/h3*2-3H2,1H3,(H,7,8);/p-3. The zero-order valence-electron chi connectivity index (χ0n) is 14.3. The number of hydrogen-bond donors (Lipinski definition) is 0. The van der Waals surface area contributed by atoms with Gasteiger partial charge in [-0.2, -0.15) is 0 Å². The molecule has 0 saturated heterocycles. The van der Waals surface area contributed by atoms with Crippen molar-refractivity contribution in [2.45, 2.75) is 59.3 Å². The first-order valence-corrected chi connectivity index (χ1v) is 7.14. The van der Waals surface area contributed by atoms with E-state index in [-0.39, 0.29) is 77.0 Å². The van der Waals surface area contributed by atoms with Crippen molar-refractivity contribution < 1.29 is 84.5 Å². The van der Waals surface area contributed by atoms with Crippen molar-refractivity contribution in [2.24, 2.45) is 0 Å². The number of carbonyl (C=O) groups is 6. The molecule has 0 N–H and O–H groups in total. The van der Waals surface area contributed by atoms with E-state index in [1.54, 1.807) is 20.8 Å². The van der Waals surface area contributed by atoms with Gasteiger partial charge in [0, 0.05) is 96.8 Å². The summed E-state index contributed by atoms with van der Waals surface area (Å²) in [5, 5.41) is 28.9. The van der Waals surface area contributed by atoms with Gasteiger partial charge in [-0.1, -0.05) is 20.8 Å². The molecule has 10 heteroatoms. The van der Waals surface area contributed by atoms with Gasteiger partial charge in [0.2, 0.25) is 0 Å². The van der Waals surface area contributed by atoms with Gasteiger partial charge in [0.15, 0.2) is 0 Å². The summed E-state index contributed by atoms with van der Waals surface area (Å²) in [5.41, 5.74) is 0. The molecule has 144 valence electrons. The van der Waals surface area contributed by atoms with Crippen LogP contribution in [0.3, 0.4) is 0 Å². The minimum Gasteiger partial charge on any atom is -0.550 e. The normalized spacial score (nSPS) is 8.28. The average Bonchev–Trinajstić information content (AvgIpc) is 2.46. The Labute approximate surface area is 178 Å². The maximum absolute atomic E-state index is 10.2. The van der Waals surface area contributed by atoms with Crippen molar-refractivity contribution in [1.82, 2.24) is 0 Å². The predicted molar refractivity (Wildman–Crippen MR) is 74.8 cm³/mol. The molecule has 0 heterocycles. The number of hydrogen-bond acceptors (Lipinski definition) is 9. The summed E-state index contributed by atoms with van der Waals surface area (Å²) < 4.78 is 0. The van der Waals surface area contributed by atoms with Crippen LogP contribution in [-0.4, -0.2) is 35.3 Å². The van der Waals surface area contributed by atoms with Gasteiger partial charge in [-0.25, -0.2) is 0 Å². The predicted octanol–water partition coefficient (Wildman–Crippen LogP) is -2.68. The van der Waals surface area contributed by atoms with Crippen LogP contribution in [0.25, 0.3) is 0 Å². The molecule has 0 fully saturated rings. The number of carboxylic acid groups (broad SMARTS) is 3. The van der Waals surface area contributed by atoms with E-state index in [2.05, 4.69) is 0 Å². The van der Waals surface area contributed by atoms with Gasteiger partial charge >= 0.3 is 0 Å². The number of carboxylic acids is 3. The van der Waals surface area contributed by atoms with Gasteiger partial charge in [0.25, 0.3) is 0 Å². The van der Waals surface area contributed by atoms with Crippen LogP contribution in [-0.2, 0) is 28.8 Å². The van der Waals surface area contributed by atoms with Crippen LogP contribution in [0.2, 0.25) is 0 Å². The van der Waals surface area contributed by atoms with E-state index in [0.29, 0.717) is 0 Å². The Bertz CT molecular complexity index is 391. The summed E-state index contributed by atoms with van der Waals surface area (Å²) in [5.74, 6) is -4.74. The largest absolute Gasteiger partial charge is 0.550 e. The SMILES string of the molecule is CCC(=O)CC(=O)[O-].CCC(=O)CC(=O)[O-].CCC(=O)CC(=O)[O-].[Sm]. The van der Waals surface area contributed by atoms with Gasteiger partial charge in [-0.3, -0.25) is 14.4 Å². The number of aliphatic carboxylic acids is 3. The number of ketones is 3. The molecule has 0 unspecified atom stereocenters. The van der Waals surface area contributed by atoms with Crippen molar-refractivity contribution in [3.8, 4) is 0 Å². The van der Waals surface area contributed by atoms with Crippen LogP contribution in [0.4, 0.5) is 0 Å². The van der Waals surface area contributed by atoms with Crippen molar-refractivity contribution in [3.63, 3.8) is 0 Å². The zero-order chi connectivity index (χ0) is 19.7. The fraction of sp³-hybridized carbons (Fsp3) is 0.600. The Kier molecular flexibility index (Phi) is 26.2. The van der Waals surface area contributed by atoms with Gasteiger partial charge in [-0.15, -0.1) is 0 Å². The fourth-order valence-electron chi connectivity index (χ4n) is 0.858. The van der Waals surface area contributed by atoms with Crippen LogP contribution in [0, 0.1) is 40.4 Å². The second kappa shape index (κ2) is 20.8. The quantitative estimate of drug-likeness (QED) is 0.309. The van der Waals surface area contributed by atoms with Crippen LogP contribution in [0.5, 0.6) is 0 Å².